The van der Waals surface area contributed by atoms with Crippen molar-refractivity contribution in [3.8, 4) is 0 Å². The molecule has 1 N–H and O–H groups in total. The first-order valence-electron chi connectivity index (χ1n) is 7.92. The number of nitrogens with zero attached hydrogens (tertiary/aromatic N) is 1. The van der Waals surface area contributed by atoms with E-state index >= 15 is 0 Å². The first-order valence-corrected chi connectivity index (χ1v) is 7.92. The lowest BCUT2D eigenvalue weighted by Gasteiger charge is -2.38. The van der Waals surface area contributed by atoms with Crippen LogP contribution in [-0.2, 0) is 14.3 Å². The number of rotatable bonds is 4. The highest BCUT2D eigenvalue weighted by Gasteiger charge is 2.62. The van der Waals surface area contributed by atoms with Gasteiger partial charge in [0.15, 0.2) is 0 Å². The zero-order valence-corrected chi connectivity index (χ0v) is 14.7. The number of halogens is 1. The molecule has 0 saturated carbocycles. The number of epoxide rings is 1. The maximum Gasteiger partial charge on any atom is 0.316 e. The lowest BCUT2D eigenvalue weighted by atomic mass is 9.97. The number of carbonyl (C=O) groups excluding carboxylic acids is 1. The number of likely N-dealkylation sites (N-methyl/N-ethyl adjacent to an activating group) is 1. The Kier molecular flexibility index (Phi) is 4.78. The van der Waals surface area contributed by atoms with Gasteiger partial charge in [0.25, 0.3) is 0 Å². The van der Waals surface area contributed by atoms with Crippen LogP contribution >= 0.6 is 17.0 Å². The van der Waals surface area contributed by atoms with Gasteiger partial charge >= 0.3 is 5.97 Å². The summed E-state index contributed by atoms with van der Waals surface area (Å²) in [6.07, 6.45) is 2.26. The van der Waals surface area contributed by atoms with Crippen LogP contribution in [0.2, 0.25) is 0 Å². The molecule has 0 radical (unpaired) electrons. The number of benzene rings is 1. The summed E-state index contributed by atoms with van der Waals surface area (Å²) in [5, 5.41) is 9.56. The number of esters is 1. The minimum atomic E-state index is -0.593. The highest BCUT2D eigenvalue weighted by Crippen LogP contribution is 2.48. The van der Waals surface area contributed by atoms with Crippen molar-refractivity contribution in [3.05, 3.63) is 35.9 Å². The number of fused-ring (bicyclic) bond motifs is 5. The van der Waals surface area contributed by atoms with Crippen LogP contribution in [0.4, 0.5) is 0 Å². The summed E-state index contributed by atoms with van der Waals surface area (Å²) >= 11 is 0. The first-order chi connectivity index (χ1) is 10.7. The molecule has 3 saturated heterocycles. The SMILES string of the molecule is Br.CN1C2CC(OC(=O)[C@H](CO)c3ccccc3)C[C@H]1[C@H]1O[C@@H]21. The number of hydrogen-bond acceptors (Lipinski definition) is 5. The van der Waals surface area contributed by atoms with Crippen molar-refractivity contribution in [1.82, 2.24) is 4.90 Å². The Morgan fingerprint density at radius 2 is 1.91 bits per heavy atom. The molecule has 0 aliphatic carbocycles. The molecule has 3 aliphatic rings. The van der Waals surface area contributed by atoms with Gasteiger partial charge in [-0.15, -0.1) is 17.0 Å². The third-order valence-electron chi connectivity index (χ3n) is 5.33. The predicted octanol–water partition coefficient (Wildman–Crippen LogP) is 1.50. The first kappa shape index (κ1) is 16.9. The summed E-state index contributed by atoms with van der Waals surface area (Å²) in [6, 6.07) is 10.1. The summed E-state index contributed by atoms with van der Waals surface area (Å²) < 4.78 is 11.4. The van der Waals surface area contributed by atoms with Crippen molar-refractivity contribution in [2.24, 2.45) is 0 Å². The number of hydrogen-bond donors (Lipinski definition) is 1. The van der Waals surface area contributed by atoms with Crippen LogP contribution in [0, 0.1) is 0 Å². The van der Waals surface area contributed by atoms with Crippen LogP contribution in [0.1, 0.15) is 24.3 Å². The van der Waals surface area contributed by atoms with E-state index in [2.05, 4.69) is 11.9 Å². The fraction of sp³-hybridized carbons (Fsp3) is 0.588. The zero-order valence-electron chi connectivity index (χ0n) is 13.0. The van der Waals surface area contributed by atoms with Gasteiger partial charge in [-0.05, 0) is 12.6 Å². The molecular formula is C17H22BrNO4. The van der Waals surface area contributed by atoms with Crippen LogP contribution in [-0.4, -0.2) is 60.0 Å². The van der Waals surface area contributed by atoms with E-state index < -0.39 is 5.92 Å². The normalized spacial score (nSPS) is 35.8. The molecular weight excluding hydrogens is 362 g/mol. The Morgan fingerprint density at radius 3 is 2.48 bits per heavy atom. The summed E-state index contributed by atoms with van der Waals surface area (Å²) in [6.45, 7) is -0.226. The van der Waals surface area contributed by atoms with Gasteiger partial charge in [0.05, 0.1) is 6.61 Å². The molecule has 126 valence electrons. The van der Waals surface area contributed by atoms with Gasteiger partial charge < -0.3 is 14.6 Å². The summed E-state index contributed by atoms with van der Waals surface area (Å²) in [5.41, 5.74) is 0.803. The van der Waals surface area contributed by atoms with Crippen molar-refractivity contribution in [2.75, 3.05) is 13.7 Å². The maximum atomic E-state index is 12.4. The number of aliphatic hydroxyl groups is 1. The van der Waals surface area contributed by atoms with Crippen molar-refractivity contribution in [2.45, 2.75) is 49.2 Å². The Labute approximate surface area is 146 Å². The molecule has 6 heteroatoms. The average Bonchev–Trinajstić information content (AvgIpc) is 3.27. The van der Waals surface area contributed by atoms with Gasteiger partial charge in [-0.3, -0.25) is 9.69 Å². The van der Waals surface area contributed by atoms with Gasteiger partial charge in [-0.2, -0.15) is 0 Å². The smallest absolute Gasteiger partial charge is 0.316 e. The molecule has 6 atom stereocenters. The second-order valence-corrected chi connectivity index (χ2v) is 6.54. The van der Waals surface area contributed by atoms with E-state index in [9.17, 15) is 9.90 Å². The minimum absolute atomic E-state index is 0. The Hall–Kier alpha value is -0.950. The molecule has 0 spiro atoms. The van der Waals surface area contributed by atoms with E-state index in [1.54, 1.807) is 0 Å². The van der Waals surface area contributed by atoms with Gasteiger partial charge in [0.1, 0.15) is 24.2 Å². The summed E-state index contributed by atoms with van der Waals surface area (Å²) in [5.74, 6) is -0.915. The van der Waals surface area contributed by atoms with E-state index in [4.69, 9.17) is 9.47 Å². The third kappa shape index (κ3) is 2.93. The Bertz CT molecular complexity index is 551. The van der Waals surface area contributed by atoms with E-state index in [1.807, 2.05) is 30.3 Å². The van der Waals surface area contributed by atoms with Crippen molar-refractivity contribution in [3.63, 3.8) is 0 Å². The zero-order chi connectivity index (χ0) is 15.3. The molecule has 2 bridgehead atoms. The van der Waals surface area contributed by atoms with E-state index in [1.165, 1.54) is 0 Å². The molecule has 23 heavy (non-hydrogen) atoms. The fourth-order valence-corrected chi connectivity index (χ4v) is 4.04. The Morgan fingerprint density at radius 1 is 1.30 bits per heavy atom. The number of aliphatic hydroxyl groups excluding tert-OH is 1. The van der Waals surface area contributed by atoms with Crippen LogP contribution in [0.15, 0.2) is 30.3 Å². The van der Waals surface area contributed by atoms with E-state index in [0.29, 0.717) is 24.3 Å². The van der Waals surface area contributed by atoms with Gasteiger partial charge in [0.2, 0.25) is 0 Å². The highest BCUT2D eigenvalue weighted by molar-refractivity contribution is 8.93. The molecule has 3 heterocycles. The van der Waals surface area contributed by atoms with Crippen molar-refractivity contribution >= 4 is 23.0 Å². The summed E-state index contributed by atoms with van der Waals surface area (Å²) in [4.78, 5) is 14.8. The third-order valence-corrected chi connectivity index (χ3v) is 5.33. The Balaban J connectivity index is 0.00000156. The molecule has 2 unspecified atom stereocenters. The van der Waals surface area contributed by atoms with Gasteiger partial charge in [-0.25, -0.2) is 0 Å². The molecule has 1 aromatic carbocycles. The van der Waals surface area contributed by atoms with Crippen molar-refractivity contribution < 1.29 is 19.4 Å². The monoisotopic (exact) mass is 383 g/mol. The molecule has 3 aliphatic heterocycles. The van der Waals surface area contributed by atoms with E-state index in [0.717, 1.165) is 18.4 Å². The number of morpholine rings is 1. The fourth-order valence-electron chi connectivity index (χ4n) is 4.04. The maximum absolute atomic E-state index is 12.4. The molecule has 0 amide bonds. The van der Waals surface area contributed by atoms with Crippen LogP contribution in [0.25, 0.3) is 0 Å². The second kappa shape index (κ2) is 6.51. The van der Waals surface area contributed by atoms with E-state index in [-0.39, 0.29) is 35.7 Å². The topological polar surface area (TPSA) is 62.3 Å². The summed E-state index contributed by atoms with van der Waals surface area (Å²) in [7, 11) is 2.13. The lowest BCUT2D eigenvalue weighted by molar-refractivity contribution is -0.156. The van der Waals surface area contributed by atoms with Crippen molar-refractivity contribution in [1.29, 1.82) is 0 Å². The molecule has 4 rings (SSSR count). The second-order valence-electron chi connectivity index (χ2n) is 6.54. The van der Waals surface area contributed by atoms with Crippen LogP contribution in [0.5, 0.6) is 0 Å². The predicted molar refractivity (Wildman–Crippen MR) is 89.7 cm³/mol. The highest BCUT2D eigenvalue weighted by atomic mass is 79.9. The molecule has 3 fully saturated rings. The van der Waals surface area contributed by atoms with Gasteiger partial charge in [-0.1, -0.05) is 30.3 Å². The standard InChI is InChI=1S/C17H21NO4.BrH/c1-18-13-7-11(8-14(18)16-15(13)22-16)21-17(20)12(9-19)10-5-3-2-4-6-10;/h2-6,11-16,19H,7-9H2,1H3;1H/t11?,12-,13+,14?,15-,16+;/m1./s1. The van der Waals surface area contributed by atoms with Crippen LogP contribution in [0.3, 0.4) is 0 Å². The average molecular weight is 384 g/mol. The minimum Gasteiger partial charge on any atom is -0.462 e. The van der Waals surface area contributed by atoms with Gasteiger partial charge in [0, 0.05) is 24.9 Å². The molecule has 0 aromatic heterocycles. The number of carbonyl (C=O) groups is 1. The number of ether oxygens (including phenoxy) is 2. The lowest BCUT2D eigenvalue weighted by Crippen LogP contribution is -2.48. The quantitative estimate of drug-likeness (QED) is 0.630. The molecule has 1 aromatic rings. The molecule has 5 nitrogen and oxygen atoms in total. The number of piperidine rings is 1. The van der Waals surface area contributed by atoms with Crippen LogP contribution < -0.4 is 0 Å². The largest absolute Gasteiger partial charge is 0.462 e.